The Morgan fingerprint density at radius 1 is 1.25 bits per heavy atom. The second-order valence-corrected chi connectivity index (χ2v) is 4.09. The Labute approximate surface area is 95.0 Å². The number of hydrogen-bond acceptors (Lipinski definition) is 2. The van der Waals surface area contributed by atoms with Crippen LogP contribution in [0.5, 0.6) is 0 Å². The first kappa shape index (κ1) is 15.2. The predicted octanol–water partition coefficient (Wildman–Crippen LogP) is 3.06. The van der Waals surface area contributed by atoms with Crippen molar-refractivity contribution < 1.29 is 13.2 Å². The summed E-state index contributed by atoms with van der Waals surface area (Å²) in [5.74, 6) is -1.52. The lowest BCUT2D eigenvalue weighted by Crippen LogP contribution is -2.38. The van der Waals surface area contributed by atoms with Gasteiger partial charge in [0.15, 0.2) is 5.92 Å². The van der Waals surface area contributed by atoms with Crippen LogP contribution >= 0.6 is 0 Å². The first-order valence-electron chi connectivity index (χ1n) is 5.53. The molecule has 0 saturated heterocycles. The number of nitrogens with zero attached hydrogens (tertiary/aromatic N) is 2. The number of rotatable bonds is 6. The van der Waals surface area contributed by atoms with Gasteiger partial charge in [-0.25, -0.2) is 0 Å². The Balaban J connectivity index is 4.36. The molecule has 94 valence electrons. The summed E-state index contributed by atoms with van der Waals surface area (Å²) in [6, 6.07) is 1.33. The number of alkyl halides is 3. The van der Waals surface area contributed by atoms with E-state index in [4.69, 9.17) is 5.26 Å². The van der Waals surface area contributed by atoms with Crippen LogP contribution in [0.2, 0.25) is 0 Å². The van der Waals surface area contributed by atoms with Crippen LogP contribution < -0.4 is 0 Å². The van der Waals surface area contributed by atoms with E-state index in [0.29, 0.717) is 19.0 Å². The number of halogens is 3. The third-order valence-electron chi connectivity index (χ3n) is 2.71. The molecule has 2 atom stereocenters. The smallest absolute Gasteiger partial charge is 0.302 e. The molecule has 0 radical (unpaired) electrons. The van der Waals surface area contributed by atoms with E-state index in [0.717, 1.165) is 6.42 Å². The van der Waals surface area contributed by atoms with E-state index in [1.165, 1.54) is 6.07 Å². The van der Waals surface area contributed by atoms with Gasteiger partial charge < -0.3 is 4.90 Å². The molecule has 0 N–H and O–H groups in total. The second kappa shape index (κ2) is 6.74. The third-order valence-corrected chi connectivity index (χ3v) is 2.71. The standard InChI is InChI=1S/C11H19F3N2/c1-4-9(3)7-16(5-2)8-10(6-15)11(12,13)14/h9-10H,4-5,7-8H2,1-3H3. The van der Waals surface area contributed by atoms with Crippen LogP contribution in [-0.2, 0) is 0 Å². The Bertz CT molecular complexity index is 232. The molecule has 5 heteroatoms. The Hall–Kier alpha value is -0.760. The molecule has 0 fully saturated rings. The molecule has 0 bridgehead atoms. The lowest BCUT2D eigenvalue weighted by Gasteiger charge is -2.26. The molecular formula is C11H19F3N2. The fourth-order valence-electron chi connectivity index (χ4n) is 1.38. The molecule has 0 spiro atoms. The predicted molar refractivity (Wildman–Crippen MR) is 56.7 cm³/mol. The summed E-state index contributed by atoms with van der Waals surface area (Å²) in [7, 11) is 0. The fourth-order valence-corrected chi connectivity index (χ4v) is 1.38. The molecule has 2 nitrogen and oxygen atoms in total. The number of hydrogen-bond donors (Lipinski definition) is 0. The minimum atomic E-state index is -4.42. The lowest BCUT2D eigenvalue weighted by molar-refractivity contribution is -0.163. The summed E-state index contributed by atoms with van der Waals surface area (Å²) >= 11 is 0. The van der Waals surface area contributed by atoms with E-state index in [-0.39, 0.29) is 6.54 Å². The van der Waals surface area contributed by atoms with E-state index >= 15 is 0 Å². The maximum atomic E-state index is 12.4. The van der Waals surface area contributed by atoms with Crippen molar-refractivity contribution in [3.63, 3.8) is 0 Å². The third kappa shape index (κ3) is 5.36. The lowest BCUT2D eigenvalue weighted by atomic mass is 10.1. The normalized spacial score (nSPS) is 15.9. The largest absolute Gasteiger partial charge is 0.405 e. The fraction of sp³-hybridized carbons (Fsp3) is 0.909. The van der Waals surface area contributed by atoms with Gasteiger partial charge in [0, 0.05) is 13.1 Å². The van der Waals surface area contributed by atoms with Crippen molar-refractivity contribution in [3.05, 3.63) is 0 Å². The van der Waals surface area contributed by atoms with Gasteiger partial charge in [-0.3, -0.25) is 0 Å². The highest BCUT2D eigenvalue weighted by Crippen LogP contribution is 2.26. The maximum Gasteiger partial charge on any atom is 0.405 e. The van der Waals surface area contributed by atoms with E-state index in [1.807, 2.05) is 20.8 Å². The topological polar surface area (TPSA) is 27.0 Å². The van der Waals surface area contributed by atoms with Crippen LogP contribution in [0.3, 0.4) is 0 Å². The monoisotopic (exact) mass is 236 g/mol. The zero-order valence-corrected chi connectivity index (χ0v) is 10.0. The highest BCUT2D eigenvalue weighted by molar-refractivity contribution is 4.90. The Morgan fingerprint density at radius 2 is 1.81 bits per heavy atom. The molecule has 0 rings (SSSR count). The van der Waals surface area contributed by atoms with Gasteiger partial charge in [-0.1, -0.05) is 27.2 Å². The van der Waals surface area contributed by atoms with Crippen molar-refractivity contribution >= 4 is 0 Å². The quantitative estimate of drug-likeness (QED) is 0.708. The van der Waals surface area contributed by atoms with E-state index in [1.54, 1.807) is 4.90 Å². The van der Waals surface area contributed by atoms with Crippen LogP contribution in [0.1, 0.15) is 27.2 Å². The van der Waals surface area contributed by atoms with Gasteiger partial charge in [0.25, 0.3) is 0 Å². The Kier molecular flexibility index (Phi) is 6.42. The summed E-state index contributed by atoms with van der Waals surface area (Å²) in [4.78, 5) is 1.69. The molecule has 0 aliphatic rings. The van der Waals surface area contributed by atoms with Gasteiger partial charge in [0.2, 0.25) is 0 Å². The molecule has 0 aromatic heterocycles. The summed E-state index contributed by atoms with van der Waals surface area (Å²) in [6.45, 7) is 6.75. The van der Waals surface area contributed by atoms with Crippen LogP contribution in [0.4, 0.5) is 13.2 Å². The van der Waals surface area contributed by atoms with Crippen LogP contribution in [0.15, 0.2) is 0 Å². The Morgan fingerprint density at radius 3 is 2.12 bits per heavy atom. The van der Waals surface area contributed by atoms with Gasteiger partial charge in [-0.05, 0) is 12.5 Å². The molecule has 0 aromatic rings. The van der Waals surface area contributed by atoms with Gasteiger partial charge in [-0.15, -0.1) is 0 Å². The zero-order chi connectivity index (χ0) is 12.8. The molecular weight excluding hydrogens is 217 g/mol. The molecule has 0 amide bonds. The van der Waals surface area contributed by atoms with Crippen LogP contribution in [0.25, 0.3) is 0 Å². The maximum absolute atomic E-state index is 12.4. The highest BCUT2D eigenvalue weighted by atomic mass is 19.4. The summed E-state index contributed by atoms with van der Waals surface area (Å²) in [5.41, 5.74) is 0. The summed E-state index contributed by atoms with van der Waals surface area (Å²) < 4.78 is 37.2. The average Bonchev–Trinajstić information content (AvgIpc) is 2.21. The van der Waals surface area contributed by atoms with E-state index in [9.17, 15) is 13.2 Å². The molecule has 0 heterocycles. The van der Waals surface area contributed by atoms with Crippen molar-refractivity contribution in [1.82, 2.24) is 4.90 Å². The minimum absolute atomic E-state index is 0.221. The van der Waals surface area contributed by atoms with Gasteiger partial charge >= 0.3 is 6.18 Å². The van der Waals surface area contributed by atoms with Gasteiger partial charge in [-0.2, -0.15) is 18.4 Å². The molecule has 0 aliphatic carbocycles. The molecule has 16 heavy (non-hydrogen) atoms. The van der Waals surface area contributed by atoms with Crippen molar-refractivity contribution in [2.24, 2.45) is 11.8 Å². The van der Waals surface area contributed by atoms with Crippen molar-refractivity contribution in [2.75, 3.05) is 19.6 Å². The first-order valence-corrected chi connectivity index (χ1v) is 5.53. The zero-order valence-electron chi connectivity index (χ0n) is 10.0. The van der Waals surface area contributed by atoms with Crippen LogP contribution in [-0.4, -0.2) is 30.7 Å². The molecule has 0 aromatic carbocycles. The molecule has 2 unspecified atom stereocenters. The van der Waals surface area contributed by atoms with E-state index < -0.39 is 12.1 Å². The SMILES string of the molecule is CCC(C)CN(CC)CC(C#N)C(F)(F)F. The highest BCUT2D eigenvalue weighted by Gasteiger charge is 2.40. The van der Waals surface area contributed by atoms with Crippen molar-refractivity contribution in [3.8, 4) is 6.07 Å². The molecule has 0 aliphatic heterocycles. The van der Waals surface area contributed by atoms with Crippen LogP contribution in [0, 0.1) is 23.2 Å². The average molecular weight is 236 g/mol. The summed E-state index contributed by atoms with van der Waals surface area (Å²) in [6.07, 6.45) is -3.49. The van der Waals surface area contributed by atoms with Crippen molar-refractivity contribution in [2.45, 2.75) is 33.4 Å². The van der Waals surface area contributed by atoms with Crippen molar-refractivity contribution in [1.29, 1.82) is 5.26 Å². The second-order valence-electron chi connectivity index (χ2n) is 4.09. The minimum Gasteiger partial charge on any atom is -0.302 e. The van der Waals surface area contributed by atoms with Gasteiger partial charge in [0.05, 0.1) is 6.07 Å². The number of nitriles is 1. The van der Waals surface area contributed by atoms with Gasteiger partial charge in [0.1, 0.15) is 0 Å². The first-order chi connectivity index (χ1) is 7.35. The molecule has 0 saturated carbocycles. The summed E-state index contributed by atoms with van der Waals surface area (Å²) in [5, 5.41) is 8.50. The van der Waals surface area contributed by atoms with E-state index in [2.05, 4.69) is 0 Å².